The molecule has 0 fully saturated rings. The zero-order valence-electron chi connectivity index (χ0n) is 14.2. The SMILES string of the molecule is CC(C)C1=Cc2c(cccc2-c2ccccc2-c2ccccc2)[CH]1. The van der Waals surface area contributed by atoms with E-state index in [1.165, 1.54) is 39.0 Å². The third kappa shape index (κ3) is 2.59. The van der Waals surface area contributed by atoms with Gasteiger partial charge in [-0.2, -0.15) is 0 Å². The number of benzene rings is 3. The van der Waals surface area contributed by atoms with Crippen molar-refractivity contribution in [1.29, 1.82) is 0 Å². The Morgan fingerprint density at radius 3 is 2.04 bits per heavy atom. The van der Waals surface area contributed by atoms with Crippen molar-refractivity contribution in [2.45, 2.75) is 13.8 Å². The van der Waals surface area contributed by atoms with Crippen LogP contribution in [0.5, 0.6) is 0 Å². The van der Waals surface area contributed by atoms with Crippen molar-refractivity contribution in [3.63, 3.8) is 0 Å². The summed E-state index contributed by atoms with van der Waals surface area (Å²) in [5.41, 5.74) is 9.27. The Bertz CT molecular complexity index is 898. The Morgan fingerprint density at radius 1 is 0.625 bits per heavy atom. The van der Waals surface area contributed by atoms with E-state index >= 15 is 0 Å². The number of rotatable bonds is 3. The third-order valence-electron chi connectivity index (χ3n) is 4.74. The number of allylic oxidation sites excluding steroid dienone is 1. The van der Waals surface area contributed by atoms with Gasteiger partial charge in [-0.25, -0.2) is 0 Å². The summed E-state index contributed by atoms with van der Waals surface area (Å²) in [6.07, 6.45) is 4.69. The van der Waals surface area contributed by atoms with Gasteiger partial charge in [0.05, 0.1) is 0 Å². The molecule has 4 rings (SSSR count). The monoisotopic (exact) mass is 309 g/mol. The van der Waals surface area contributed by atoms with E-state index in [0.717, 1.165) is 0 Å². The maximum absolute atomic E-state index is 2.36. The van der Waals surface area contributed by atoms with Gasteiger partial charge in [0.15, 0.2) is 0 Å². The topological polar surface area (TPSA) is 0 Å². The Hall–Kier alpha value is -2.60. The molecule has 0 amide bonds. The molecule has 0 N–H and O–H groups in total. The number of fused-ring (bicyclic) bond motifs is 1. The van der Waals surface area contributed by atoms with Crippen LogP contribution in [-0.4, -0.2) is 0 Å². The highest BCUT2D eigenvalue weighted by Crippen LogP contribution is 2.40. The van der Waals surface area contributed by atoms with Crippen molar-refractivity contribution < 1.29 is 0 Å². The van der Waals surface area contributed by atoms with Gasteiger partial charge in [0.25, 0.3) is 0 Å². The standard InChI is InChI=1S/C24H21/c1-17(2)20-15-19-11-8-14-23(24(19)16-20)22-13-7-6-12-21(22)18-9-4-3-5-10-18/h3-17H,1-2H3. The minimum atomic E-state index is 0.551. The van der Waals surface area contributed by atoms with Crippen LogP contribution in [0.15, 0.2) is 78.4 Å². The molecule has 0 aromatic heterocycles. The molecule has 0 bridgehead atoms. The first-order valence-corrected chi connectivity index (χ1v) is 8.58. The normalized spacial score (nSPS) is 13.0. The van der Waals surface area contributed by atoms with Crippen molar-refractivity contribution in [2.75, 3.05) is 0 Å². The highest BCUT2D eigenvalue weighted by atomic mass is 14.2. The summed E-state index contributed by atoms with van der Waals surface area (Å²) < 4.78 is 0. The fraction of sp³-hybridized carbons (Fsp3) is 0.125. The van der Waals surface area contributed by atoms with Crippen LogP contribution in [0.25, 0.3) is 28.3 Å². The molecule has 0 aliphatic heterocycles. The largest absolute Gasteiger partial charge is 0.0622 e. The number of hydrogen-bond acceptors (Lipinski definition) is 0. The van der Waals surface area contributed by atoms with Crippen LogP contribution >= 0.6 is 0 Å². The Balaban J connectivity index is 1.90. The lowest BCUT2D eigenvalue weighted by atomic mass is 9.91. The van der Waals surface area contributed by atoms with Crippen LogP contribution in [0, 0.1) is 12.3 Å². The average Bonchev–Trinajstić information content (AvgIpc) is 3.07. The lowest BCUT2D eigenvalue weighted by molar-refractivity contribution is 0.789. The van der Waals surface area contributed by atoms with Crippen molar-refractivity contribution in [1.82, 2.24) is 0 Å². The summed E-state index contributed by atoms with van der Waals surface area (Å²) in [7, 11) is 0. The summed E-state index contributed by atoms with van der Waals surface area (Å²) >= 11 is 0. The van der Waals surface area contributed by atoms with Gasteiger partial charge in [-0.15, -0.1) is 0 Å². The summed E-state index contributed by atoms with van der Waals surface area (Å²) in [5.74, 6) is 0.551. The minimum Gasteiger partial charge on any atom is -0.0622 e. The second kappa shape index (κ2) is 6.13. The molecule has 0 heteroatoms. The second-order valence-electron chi connectivity index (χ2n) is 6.66. The van der Waals surface area contributed by atoms with Gasteiger partial charge < -0.3 is 0 Å². The predicted octanol–water partition coefficient (Wildman–Crippen LogP) is 6.63. The maximum Gasteiger partial charge on any atom is 0.0167 e. The van der Waals surface area contributed by atoms with E-state index in [2.05, 4.69) is 99.1 Å². The molecule has 0 saturated heterocycles. The first-order valence-electron chi connectivity index (χ1n) is 8.58. The maximum atomic E-state index is 2.36. The van der Waals surface area contributed by atoms with Crippen LogP contribution in [0.3, 0.4) is 0 Å². The van der Waals surface area contributed by atoms with E-state index in [1.54, 1.807) is 0 Å². The third-order valence-corrected chi connectivity index (χ3v) is 4.74. The molecule has 1 radical (unpaired) electrons. The molecule has 0 atom stereocenters. The summed E-state index contributed by atoms with van der Waals surface area (Å²) in [6.45, 7) is 4.51. The molecule has 1 aliphatic carbocycles. The van der Waals surface area contributed by atoms with Gasteiger partial charge in [0.2, 0.25) is 0 Å². The van der Waals surface area contributed by atoms with Crippen molar-refractivity contribution in [3.8, 4) is 22.3 Å². The Kier molecular flexibility index (Phi) is 3.82. The van der Waals surface area contributed by atoms with E-state index in [1.807, 2.05) is 0 Å². The van der Waals surface area contributed by atoms with E-state index in [9.17, 15) is 0 Å². The van der Waals surface area contributed by atoms with Crippen molar-refractivity contribution in [2.24, 2.45) is 5.92 Å². The zero-order chi connectivity index (χ0) is 16.5. The van der Waals surface area contributed by atoms with Gasteiger partial charge in [0.1, 0.15) is 0 Å². The molecule has 0 spiro atoms. The average molecular weight is 309 g/mol. The Labute approximate surface area is 144 Å². The molecular formula is C24H21. The Morgan fingerprint density at radius 2 is 1.29 bits per heavy atom. The van der Waals surface area contributed by atoms with Gasteiger partial charge in [-0.05, 0) is 39.3 Å². The molecule has 0 heterocycles. The lowest BCUT2D eigenvalue weighted by Crippen LogP contribution is -1.91. The molecule has 3 aromatic carbocycles. The van der Waals surface area contributed by atoms with E-state index in [-0.39, 0.29) is 0 Å². The van der Waals surface area contributed by atoms with E-state index < -0.39 is 0 Å². The van der Waals surface area contributed by atoms with Gasteiger partial charge in [-0.1, -0.05) is 98.3 Å². The summed E-state index contributed by atoms with van der Waals surface area (Å²) in [6, 6.07) is 26.0. The van der Waals surface area contributed by atoms with Gasteiger partial charge in [0, 0.05) is 6.42 Å². The molecule has 0 unspecified atom stereocenters. The lowest BCUT2D eigenvalue weighted by Gasteiger charge is -2.13. The fourth-order valence-electron chi connectivity index (χ4n) is 3.41. The highest BCUT2D eigenvalue weighted by molar-refractivity contribution is 5.90. The molecule has 3 aromatic rings. The van der Waals surface area contributed by atoms with Crippen LogP contribution in [-0.2, 0) is 0 Å². The molecule has 0 nitrogen and oxygen atoms in total. The second-order valence-corrected chi connectivity index (χ2v) is 6.66. The number of hydrogen-bond donors (Lipinski definition) is 0. The van der Waals surface area contributed by atoms with Crippen molar-refractivity contribution >= 4 is 6.08 Å². The molecule has 0 saturated carbocycles. The van der Waals surface area contributed by atoms with Gasteiger partial charge in [-0.3, -0.25) is 0 Å². The smallest absolute Gasteiger partial charge is 0.0167 e. The quantitative estimate of drug-likeness (QED) is 0.509. The van der Waals surface area contributed by atoms with Crippen LogP contribution < -0.4 is 0 Å². The summed E-state index contributed by atoms with van der Waals surface area (Å²) in [5, 5.41) is 0. The summed E-state index contributed by atoms with van der Waals surface area (Å²) in [4.78, 5) is 0. The molecular weight excluding hydrogens is 288 g/mol. The van der Waals surface area contributed by atoms with Crippen molar-refractivity contribution in [3.05, 3.63) is 95.9 Å². The van der Waals surface area contributed by atoms with Crippen LogP contribution in [0.2, 0.25) is 0 Å². The zero-order valence-corrected chi connectivity index (χ0v) is 14.2. The van der Waals surface area contributed by atoms with E-state index in [4.69, 9.17) is 0 Å². The first-order chi connectivity index (χ1) is 11.7. The van der Waals surface area contributed by atoms with E-state index in [0.29, 0.717) is 5.92 Å². The molecule has 1 aliphatic rings. The fourth-order valence-corrected chi connectivity index (χ4v) is 3.41. The molecule has 117 valence electrons. The highest BCUT2D eigenvalue weighted by Gasteiger charge is 2.19. The van der Waals surface area contributed by atoms with Crippen LogP contribution in [0.4, 0.5) is 0 Å². The minimum absolute atomic E-state index is 0.551. The predicted molar refractivity (Wildman–Crippen MR) is 104 cm³/mol. The molecule has 24 heavy (non-hydrogen) atoms. The van der Waals surface area contributed by atoms with Gasteiger partial charge >= 0.3 is 0 Å². The van der Waals surface area contributed by atoms with Crippen LogP contribution in [0.1, 0.15) is 25.0 Å². The first kappa shape index (κ1) is 15.0.